The van der Waals surface area contributed by atoms with Crippen molar-refractivity contribution in [2.24, 2.45) is 17.8 Å². The Kier molecular flexibility index (Phi) is 17.7. The fraction of sp³-hybridized carbons (Fsp3) is 1.00. The summed E-state index contributed by atoms with van der Waals surface area (Å²) in [6.45, 7) is 10.8. The Labute approximate surface area is 145 Å². The Bertz CT molecular complexity index is 256. The van der Waals surface area contributed by atoms with Gasteiger partial charge in [-0.3, -0.25) is 9.05 Å². The maximum absolute atomic E-state index is 11.4. The van der Waals surface area contributed by atoms with Gasteiger partial charge in [-0.25, -0.2) is 4.57 Å². The first-order valence-electron chi connectivity index (χ1n) is 6.34. The summed E-state index contributed by atoms with van der Waals surface area (Å²) in [6.07, 6.45) is 1.89. The maximum atomic E-state index is 11.4. The van der Waals surface area contributed by atoms with Gasteiger partial charge in [0.05, 0.1) is 13.2 Å². The second kappa shape index (κ2) is 13.2. The first kappa shape index (κ1) is 25.5. The van der Waals surface area contributed by atoms with Crippen LogP contribution in [0, 0.1) is 17.8 Å². The van der Waals surface area contributed by atoms with Crippen molar-refractivity contribution in [3.8, 4) is 0 Å². The molecule has 0 aliphatic heterocycles. The molecule has 0 amide bonds. The van der Waals surface area contributed by atoms with Gasteiger partial charge < -0.3 is 6.32 Å². The van der Waals surface area contributed by atoms with Crippen LogP contribution in [-0.2, 0) is 13.6 Å². The van der Waals surface area contributed by atoms with E-state index in [1.807, 2.05) is 13.8 Å². The van der Waals surface area contributed by atoms with Gasteiger partial charge in [-0.05, 0) is 30.6 Å². The summed E-state index contributed by atoms with van der Waals surface area (Å²) in [5, 5.41) is 0. The molecule has 0 saturated carbocycles. The van der Waals surface area contributed by atoms with Crippen LogP contribution < -0.4 is 29.6 Å². The van der Waals surface area contributed by atoms with E-state index in [4.69, 9.17) is 9.05 Å². The van der Waals surface area contributed by atoms with Crippen molar-refractivity contribution in [3.05, 3.63) is 0 Å². The van der Waals surface area contributed by atoms with Crippen LogP contribution in [0.25, 0.3) is 0 Å². The molecule has 0 aromatic heterocycles. The summed E-state index contributed by atoms with van der Waals surface area (Å²) in [5.41, 5.74) is 0. The standard InChI is InChI=1S/C12H27O4P.Na.H3P.H/c1-10(2)8-12(5)6-7-15-17(13,14)16-9-11(3)4;;;/h10-12H,6-9H2,1-5H3,(H,13,14);;1H3;/q;+1;;-1. The van der Waals surface area contributed by atoms with Gasteiger partial charge in [0, 0.05) is 0 Å². The molecule has 3 atom stereocenters. The van der Waals surface area contributed by atoms with Gasteiger partial charge >= 0.3 is 37.4 Å². The number of hydrogen-bond donors (Lipinski definition) is 1. The van der Waals surface area contributed by atoms with Crippen molar-refractivity contribution in [1.29, 1.82) is 0 Å². The molecule has 3 unspecified atom stereocenters. The zero-order valence-corrected chi connectivity index (χ0v) is 17.7. The average Bonchev–Trinajstić information content (AvgIpc) is 2.13. The average molecular weight is 324 g/mol. The van der Waals surface area contributed by atoms with E-state index in [9.17, 15) is 9.46 Å². The van der Waals surface area contributed by atoms with Gasteiger partial charge in [0.1, 0.15) is 0 Å². The molecule has 0 spiro atoms. The molecule has 0 radical (unpaired) electrons. The fourth-order valence-corrected chi connectivity index (χ4v) is 2.47. The SMILES string of the molecule is CC(C)COP(=O)(O)OCCC(C)CC(C)C.P.[H-].[Na+]. The van der Waals surface area contributed by atoms with Crippen LogP contribution >= 0.6 is 17.7 Å². The zero-order chi connectivity index (χ0) is 13.5. The Morgan fingerprint density at radius 3 is 2.05 bits per heavy atom. The van der Waals surface area contributed by atoms with E-state index in [1.165, 1.54) is 0 Å². The van der Waals surface area contributed by atoms with Crippen molar-refractivity contribution in [3.63, 3.8) is 0 Å². The molecule has 19 heavy (non-hydrogen) atoms. The van der Waals surface area contributed by atoms with Gasteiger partial charge in [-0.15, -0.1) is 0 Å². The minimum absolute atomic E-state index is 0. The van der Waals surface area contributed by atoms with Crippen LogP contribution in [0.4, 0.5) is 0 Å². The smallest absolute Gasteiger partial charge is 1.00 e. The third-order valence-corrected chi connectivity index (χ3v) is 3.29. The summed E-state index contributed by atoms with van der Waals surface area (Å²) in [6, 6.07) is 0. The molecule has 4 nitrogen and oxygen atoms in total. The topological polar surface area (TPSA) is 55.8 Å². The summed E-state index contributed by atoms with van der Waals surface area (Å²) in [5.74, 6) is 1.36. The van der Waals surface area contributed by atoms with Crippen molar-refractivity contribution >= 4 is 17.7 Å². The Morgan fingerprint density at radius 2 is 1.63 bits per heavy atom. The molecule has 0 aliphatic rings. The summed E-state index contributed by atoms with van der Waals surface area (Å²) in [4.78, 5) is 9.37. The minimum atomic E-state index is -3.84. The molecule has 1 N–H and O–H groups in total. The zero-order valence-electron chi connectivity index (χ0n) is 14.4. The molecule has 0 aromatic carbocycles. The first-order chi connectivity index (χ1) is 7.73. The predicted octanol–water partition coefficient (Wildman–Crippen LogP) is 1.02. The number of hydrogen-bond acceptors (Lipinski definition) is 3. The van der Waals surface area contributed by atoms with Crippen LogP contribution in [0.2, 0.25) is 0 Å². The van der Waals surface area contributed by atoms with Crippen molar-refractivity contribution in [2.45, 2.75) is 47.5 Å². The van der Waals surface area contributed by atoms with E-state index in [-0.39, 0.29) is 60.0 Å². The van der Waals surface area contributed by atoms with Crippen LogP contribution in [0.1, 0.15) is 48.9 Å². The monoisotopic (exact) mass is 324 g/mol. The van der Waals surface area contributed by atoms with E-state index in [2.05, 4.69) is 20.8 Å². The largest absolute Gasteiger partial charge is 1.00 e. The van der Waals surface area contributed by atoms with Crippen molar-refractivity contribution < 1.29 is 49.5 Å². The molecule has 0 heterocycles. The van der Waals surface area contributed by atoms with Gasteiger partial charge in [0.25, 0.3) is 0 Å². The molecular formula is C12H31NaO4P2. The Balaban J connectivity index is -0.000000427. The third-order valence-electron chi connectivity index (χ3n) is 2.31. The minimum Gasteiger partial charge on any atom is -1.00 e. The van der Waals surface area contributed by atoms with Crippen molar-refractivity contribution in [2.75, 3.05) is 13.2 Å². The summed E-state index contributed by atoms with van der Waals surface area (Å²) in [7, 11) is -3.84. The molecular weight excluding hydrogens is 293 g/mol. The van der Waals surface area contributed by atoms with Gasteiger partial charge in [0.2, 0.25) is 0 Å². The molecule has 0 bridgehead atoms. The summed E-state index contributed by atoms with van der Waals surface area (Å²) >= 11 is 0. The Morgan fingerprint density at radius 1 is 1.11 bits per heavy atom. The van der Waals surface area contributed by atoms with E-state index in [0.29, 0.717) is 11.8 Å². The predicted molar refractivity (Wildman–Crippen MR) is 82.0 cm³/mol. The van der Waals surface area contributed by atoms with E-state index >= 15 is 0 Å². The molecule has 7 heteroatoms. The molecule has 0 rings (SSSR count). The quantitative estimate of drug-likeness (QED) is 0.508. The van der Waals surface area contributed by atoms with Crippen LogP contribution in [0.15, 0.2) is 0 Å². The first-order valence-corrected chi connectivity index (χ1v) is 7.84. The molecule has 0 aliphatic carbocycles. The van der Waals surface area contributed by atoms with Gasteiger partial charge in [-0.2, -0.15) is 9.90 Å². The van der Waals surface area contributed by atoms with E-state index < -0.39 is 7.82 Å². The third kappa shape index (κ3) is 17.5. The molecule has 114 valence electrons. The van der Waals surface area contributed by atoms with Crippen molar-refractivity contribution in [1.82, 2.24) is 0 Å². The van der Waals surface area contributed by atoms with Gasteiger partial charge in [-0.1, -0.05) is 34.6 Å². The molecule has 0 aromatic rings. The second-order valence-electron chi connectivity index (χ2n) is 5.51. The van der Waals surface area contributed by atoms with Gasteiger partial charge in [0.15, 0.2) is 0 Å². The maximum Gasteiger partial charge on any atom is 1.00 e. The fourth-order valence-electron chi connectivity index (χ4n) is 1.57. The molecule has 0 fully saturated rings. The number of phosphoric acid groups is 1. The normalized spacial score (nSPS) is 15.6. The van der Waals surface area contributed by atoms with E-state index in [1.54, 1.807) is 0 Å². The van der Waals surface area contributed by atoms with Crippen LogP contribution in [-0.4, -0.2) is 18.1 Å². The number of phosphoric ester groups is 1. The number of rotatable bonds is 9. The van der Waals surface area contributed by atoms with E-state index in [0.717, 1.165) is 12.8 Å². The van der Waals surface area contributed by atoms with Crippen LogP contribution in [0.5, 0.6) is 0 Å². The van der Waals surface area contributed by atoms with Crippen LogP contribution in [0.3, 0.4) is 0 Å². The molecule has 0 saturated heterocycles. The Hall–Kier alpha value is 1.54. The second-order valence-corrected chi connectivity index (χ2v) is 6.97. The summed E-state index contributed by atoms with van der Waals surface area (Å²) < 4.78 is 21.2.